The van der Waals surface area contributed by atoms with E-state index in [4.69, 9.17) is 4.42 Å². The van der Waals surface area contributed by atoms with E-state index >= 15 is 0 Å². The second kappa shape index (κ2) is 6.71. The molecule has 1 N–H and O–H groups in total. The summed E-state index contributed by atoms with van der Waals surface area (Å²) >= 11 is 0. The summed E-state index contributed by atoms with van der Waals surface area (Å²) in [7, 11) is 0. The average Bonchev–Trinajstić information content (AvgIpc) is 3.05. The average molecular weight is 320 g/mol. The molecule has 0 atom stereocenters. The van der Waals surface area contributed by atoms with Crippen LogP contribution in [0.3, 0.4) is 0 Å². The molecule has 122 valence electrons. The number of aryl methyl sites for hydroxylation is 1. The third-order valence-electron chi connectivity index (χ3n) is 3.90. The molecule has 3 rings (SSSR count). The van der Waals surface area contributed by atoms with Gasteiger partial charge in [-0.25, -0.2) is 4.98 Å². The summed E-state index contributed by atoms with van der Waals surface area (Å²) in [6.07, 6.45) is 1.30. The number of hydrogen-bond donors (Lipinski definition) is 1. The molecule has 4 nitrogen and oxygen atoms in total. The van der Waals surface area contributed by atoms with E-state index in [-0.39, 0.29) is 11.6 Å². The van der Waals surface area contributed by atoms with Crippen LogP contribution in [0.4, 0.5) is 5.69 Å². The van der Waals surface area contributed by atoms with Crippen LogP contribution in [0.2, 0.25) is 0 Å². The number of hydrogen-bond acceptors (Lipinski definition) is 3. The molecule has 24 heavy (non-hydrogen) atoms. The maximum atomic E-state index is 12.5. The second-order valence-corrected chi connectivity index (χ2v) is 6.13. The van der Waals surface area contributed by atoms with Crippen molar-refractivity contribution in [2.45, 2.75) is 26.7 Å². The molecule has 0 aliphatic carbocycles. The van der Waals surface area contributed by atoms with Gasteiger partial charge in [-0.2, -0.15) is 0 Å². The van der Waals surface area contributed by atoms with Crippen molar-refractivity contribution >= 4 is 11.6 Å². The molecule has 3 aromatic rings. The Balaban J connectivity index is 1.82. The zero-order valence-electron chi connectivity index (χ0n) is 14.0. The number of nitrogens with one attached hydrogen (secondary N) is 1. The van der Waals surface area contributed by atoms with E-state index in [2.05, 4.69) is 24.1 Å². The van der Waals surface area contributed by atoms with Crippen molar-refractivity contribution in [3.63, 3.8) is 0 Å². The molecule has 4 heteroatoms. The highest BCUT2D eigenvalue weighted by molar-refractivity contribution is 6.06. The molecule has 0 spiro atoms. The normalized spacial score (nSPS) is 10.8. The molecule has 0 radical (unpaired) electrons. The van der Waals surface area contributed by atoms with Gasteiger partial charge in [0.1, 0.15) is 0 Å². The first-order valence-electron chi connectivity index (χ1n) is 7.96. The van der Waals surface area contributed by atoms with Gasteiger partial charge in [-0.15, -0.1) is 0 Å². The third-order valence-corrected chi connectivity index (χ3v) is 3.90. The minimum atomic E-state index is -0.280. The Labute approximate surface area is 141 Å². The smallest absolute Gasteiger partial charge is 0.278 e. The van der Waals surface area contributed by atoms with Crippen LogP contribution in [0, 0.1) is 6.92 Å². The molecule has 1 aromatic heterocycles. The first-order chi connectivity index (χ1) is 11.5. The summed E-state index contributed by atoms with van der Waals surface area (Å²) < 4.78 is 5.44. The summed E-state index contributed by atoms with van der Waals surface area (Å²) in [5.74, 6) is 0.658. The predicted octanol–water partition coefficient (Wildman–Crippen LogP) is 5.03. The fourth-order valence-electron chi connectivity index (χ4n) is 2.54. The lowest BCUT2D eigenvalue weighted by Crippen LogP contribution is -2.13. The van der Waals surface area contributed by atoms with E-state index in [9.17, 15) is 4.79 Å². The van der Waals surface area contributed by atoms with Crippen LogP contribution in [0.15, 0.2) is 59.3 Å². The number of rotatable bonds is 4. The van der Waals surface area contributed by atoms with E-state index in [1.165, 1.54) is 12.0 Å². The van der Waals surface area contributed by atoms with E-state index in [0.29, 0.717) is 11.7 Å². The quantitative estimate of drug-likeness (QED) is 0.734. The van der Waals surface area contributed by atoms with Gasteiger partial charge < -0.3 is 9.73 Å². The molecular formula is C20H20N2O2. The zero-order chi connectivity index (χ0) is 17.1. The van der Waals surface area contributed by atoms with Crippen LogP contribution in [-0.2, 0) is 0 Å². The molecule has 1 amide bonds. The first kappa shape index (κ1) is 16.0. The van der Waals surface area contributed by atoms with Crippen molar-refractivity contribution in [1.82, 2.24) is 4.98 Å². The van der Waals surface area contributed by atoms with Crippen molar-refractivity contribution in [2.24, 2.45) is 0 Å². The number of carbonyl (C=O) groups excluding carboxylic acids is 1. The highest BCUT2D eigenvalue weighted by Gasteiger charge is 2.18. The number of benzene rings is 2. The van der Waals surface area contributed by atoms with Crippen molar-refractivity contribution in [3.05, 3.63) is 71.7 Å². The van der Waals surface area contributed by atoms with Gasteiger partial charge in [0, 0.05) is 11.3 Å². The Kier molecular flexibility index (Phi) is 4.47. The van der Waals surface area contributed by atoms with Gasteiger partial charge >= 0.3 is 0 Å². The van der Waals surface area contributed by atoms with Crippen LogP contribution in [0.25, 0.3) is 11.3 Å². The largest absolute Gasteiger partial charge is 0.443 e. The molecule has 1 heterocycles. The maximum Gasteiger partial charge on any atom is 0.278 e. The zero-order valence-corrected chi connectivity index (χ0v) is 14.0. The van der Waals surface area contributed by atoms with Crippen molar-refractivity contribution in [3.8, 4) is 11.3 Å². The molecule has 0 saturated heterocycles. The molecule has 0 bridgehead atoms. The van der Waals surface area contributed by atoms with Gasteiger partial charge in [0.25, 0.3) is 5.91 Å². The maximum absolute atomic E-state index is 12.5. The predicted molar refractivity (Wildman–Crippen MR) is 95.2 cm³/mol. The lowest BCUT2D eigenvalue weighted by atomic mass is 10.0. The van der Waals surface area contributed by atoms with Gasteiger partial charge in [-0.3, -0.25) is 4.79 Å². The van der Waals surface area contributed by atoms with Crippen LogP contribution in [-0.4, -0.2) is 10.9 Å². The van der Waals surface area contributed by atoms with Crippen LogP contribution in [0.5, 0.6) is 0 Å². The number of nitrogens with zero attached hydrogens (tertiary/aromatic N) is 1. The topological polar surface area (TPSA) is 55.1 Å². The van der Waals surface area contributed by atoms with Gasteiger partial charge in [-0.05, 0) is 36.6 Å². The van der Waals surface area contributed by atoms with Crippen molar-refractivity contribution < 1.29 is 9.21 Å². The minimum absolute atomic E-state index is 0.280. The fraction of sp³-hybridized carbons (Fsp3) is 0.200. The first-order valence-corrected chi connectivity index (χ1v) is 7.96. The molecular weight excluding hydrogens is 300 g/mol. The van der Waals surface area contributed by atoms with Crippen molar-refractivity contribution in [1.29, 1.82) is 0 Å². The van der Waals surface area contributed by atoms with E-state index < -0.39 is 0 Å². The van der Waals surface area contributed by atoms with Gasteiger partial charge in [0.05, 0.1) is 0 Å². The molecule has 2 aromatic carbocycles. The minimum Gasteiger partial charge on any atom is -0.443 e. The number of carbonyl (C=O) groups is 1. The van der Waals surface area contributed by atoms with Crippen LogP contribution >= 0.6 is 0 Å². The molecule has 0 saturated carbocycles. The summed E-state index contributed by atoms with van der Waals surface area (Å²) in [5.41, 5.74) is 4.19. The number of aromatic nitrogens is 1. The van der Waals surface area contributed by atoms with Gasteiger partial charge in [0.15, 0.2) is 17.8 Å². The standard InChI is InChI=1S/C20H20N2O2/c1-13(2)15-7-9-17(10-8-15)22-20(23)18-19(24-12-21-18)16-6-4-5-14(3)11-16/h4-13H,1-3H3,(H,22,23). The van der Waals surface area contributed by atoms with Crippen molar-refractivity contribution in [2.75, 3.05) is 5.32 Å². The lowest BCUT2D eigenvalue weighted by molar-refractivity contribution is 0.102. The summed E-state index contributed by atoms with van der Waals surface area (Å²) in [6.45, 7) is 6.27. The molecule has 0 aliphatic heterocycles. The Bertz CT molecular complexity index is 848. The SMILES string of the molecule is Cc1cccc(-c2ocnc2C(=O)Nc2ccc(C(C)C)cc2)c1. The highest BCUT2D eigenvalue weighted by atomic mass is 16.3. The molecule has 0 unspecified atom stereocenters. The fourth-order valence-corrected chi connectivity index (χ4v) is 2.54. The number of oxazole rings is 1. The monoisotopic (exact) mass is 320 g/mol. The summed E-state index contributed by atoms with van der Waals surface area (Å²) in [4.78, 5) is 16.6. The molecule has 0 fully saturated rings. The highest BCUT2D eigenvalue weighted by Crippen LogP contribution is 2.25. The Hall–Kier alpha value is -2.88. The van der Waals surface area contributed by atoms with E-state index in [0.717, 1.165) is 16.8 Å². The molecule has 0 aliphatic rings. The van der Waals surface area contributed by atoms with Crippen LogP contribution in [0.1, 0.15) is 41.4 Å². The third kappa shape index (κ3) is 3.38. The second-order valence-electron chi connectivity index (χ2n) is 6.13. The number of anilines is 1. The van der Waals surface area contributed by atoms with E-state index in [1.54, 1.807) is 0 Å². The summed E-state index contributed by atoms with van der Waals surface area (Å²) in [6, 6.07) is 15.6. The van der Waals surface area contributed by atoms with E-state index in [1.807, 2.05) is 55.5 Å². The summed E-state index contributed by atoms with van der Waals surface area (Å²) in [5, 5.41) is 2.87. The van der Waals surface area contributed by atoms with Gasteiger partial charge in [0.2, 0.25) is 0 Å². The Morgan fingerprint density at radius 3 is 2.54 bits per heavy atom. The lowest BCUT2D eigenvalue weighted by Gasteiger charge is -2.08. The Morgan fingerprint density at radius 1 is 1.12 bits per heavy atom. The van der Waals surface area contributed by atoms with Crippen LogP contribution < -0.4 is 5.32 Å². The van der Waals surface area contributed by atoms with Gasteiger partial charge in [-0.1, -0.05) is 49.7 Å². The number of amides is 1. The Morgan fingerprint density at radius 2 is 1.88 bits per heavy atom.